The van der Waals surface area contributed by atoms with Crippen LogP contribution in [0.15, 0.2) is 6.20 Å². The van der Waals surface area contributed by atoms with Gasteiger partial charge < -0.3 is 5.11 Å². The Kier molecular flexibility index (Phi) is 3.07. The van der Waals surface area contributed by atoms with Crippen molar-refractivity contribution in [2.24, 2.45) is 0 Å². The van der Waals surface area contributed by atoms with E-state index in [9.17, 15) is 9.90 Å². The molecule has 1 heterocycles. The van der Waals surface area contributed by atoms with Crippen LogP contribution in [0.3, 0.4) is 0 Å². The van der Waals surface area contributed by atoms with Crippen LogP contribution in [0, 0.1) is 0 Å². The fourth-order valence-corrected chi connectivity index (χ4v) is 1.86. The number of carbonyl (C=O) groups is 1. The lowest BCUT2D eigenvalue weighted by Crippen LogP contribution is -2.36. The van der Waals surface area contributed by atoms with Gasteiger partial charge in [0.25, 0.3) is 0 Å². The van der Waals surface area contributed by atoms with E-state index in [2.05, 4.69) is 5.10 Å². The van der Waals surface area contributed by atoms with Crippen LogP contribution in [0.2, 0.25) is 5.02 Å². The first kappa shape index (κ1) is 13.0. The largest absolute Gasteiger partial charge is 0.481 e. The van der Waals surface area contributed by atoms with Crippen molar-refractivity contribution in [2.75, 3.05) is 0 Å². The highest BCUT2D eigenvalue weighted by atomic mass is 35.5. The summed E-state index contributed by atoms with van der Waals surface area (Å²) in [6.45, 7) is 9.12. The number of halogens is 1. The predicted molar refractivity (Wildman–Crippen MR) is 62.9 cm³/mol. The molecule has 0 atom stereocenters. The van der Waals surface area contributed by atoms with Gasteiger partial charge in [0.05, 0.1) is 22.5 Å². The summed E-state index contributed by atoms with van der Waals surface area (Å²) >= 11 is 6.03. The maximum atomic E-state index is 11.3. The van der Waals surface area contributed by atoms with Crippen LogP contribution in [0.5, 0.6) is 0 Å². The third-order valence-electron chi connectivity index (χ3n) is 2.49. The molecule has 0 unspecified atom stereocenters. The Morgan fingerprint density at radius 3 is 2.25 bits per heavy atom. The predicted octanol–water partition coefficient (Wildman–Crippen LogP) is 2.65. The molecular formula is C11H17ClN2O2. The van der Waals surface area contributed by atoms with E-state index in [-0.39, 0.29) is 5.54 Å². The van der Waals surface area contributed by atoms with Gasteiger partial charge >= 0.3 is 5.97 Å². The number of carboxylic acid groups (broad SMARTS) is 1. The van der Waals surface area contributed by atoms with Crippen molar-refractivity contribution >= 4 is 17.6 Å². The molecule has 0 aliphatic carbocycles. The van der Waals surface area contributed by atoms with Crippen LogP contribution in [0.1, 0.15) is 40.3 Å². The average Bonchev–Trinajstić information content (AvgIpc) is 2.46. The Hall–Kier alpha value is -1.03. The molecule has 1 aromatic rings. The molecule has 5 heteroatoms. The van der Waals surface area contributed by atoms with Crippen molar-refractivity contribution < 1.29 is 9.90 Å². The fraction of sp³-hybridized carbons (Fsp3) is 0.636. The molecule has 0 saturated heterocycles. The Bertz CT molecular complexity index is 416. The molecule has 0 amide bonds. The highest BCUT2D eigenvalue weighted by Crippen LogP contribution is 2.33. The van der Waals surface area contributed by atoms with Crippen LogP contribution in [-0.4, -0.2) is 20.9 Å². The Labute approximate surface area is 100 Å². The second-order valence-electron chi connectivity index (χ2n) is 5.35. The Morgan fingerprint density at radius 1 is 1.38 bits per heavy atom. The Morgan fingerprint density at radius 2 is 1.88 bits per heavy atom. The topological polar surface area (TPSA) is 55.1 Å². The molecule has 0 aliphatic heterocycles. The van der Waals surface area contributed by atoms with Crippen molar-refractivity contribution in [3.05, 3.63) is 16.9 Å². The van der Waals surface area contributed by atoms with E-state index in [1.54, 1.807) is 18.5 Å². The molecule has 0 bridgehead atoms. The standard InChI is InChI=1S/C11H17ClN2O2/c1-10(2,3)14-8(7(12)6-13-14)11(4,5)9(15)16/h6H,1-5H3,(H,15,16). The Balaban J connectivity index is 3.44. The summed E-state index contributed by atoms with van der Waals surface area (Å²) in [6.07, 6.45) is 1.49. The van der Waals surface area contributed by atoms with Gasteiger partial charge in [-0.2, -0.15) is 5.10 Å². The van der Waals surface area contributed by atoms with Gasteiger partial charge in [0.15, 0.2) is 0 Å². The third-order valence-corrected chi connectivity index (χ3v) is 2.76. The van der Waals surface area contributed by atoms with E-state index < -0.39 is 11.4 Å². The average molecular weight is 245 g/mol. The van der Waals surface area contributed by atoms with Crippen LogP contribution in [-0.2, 0) is 15.7 Å². The summed E-state index contributed by atoms with van der Waals surface area (Å²) in [5, 5.41) is 13.8. The minimum absolute atomic E-state index is 0.296. The molecule has 16 heavy (non-hydrogen) atoms. The summed E-state index contributed by atoms with van der Waals surface area (Å²) in [7, 11) is 0. The summed E-state index contributed by atoms with van der Waals surface area (Å²) in [4.78, 5) is 11.3. The van der Waals surface area contributed by atoms with Crippen molar-refractivity contribution in [2.45, 2.75) is 45.6 Å². The normalized spacial score (nSPS) is 12.9. The van der Waals surface area contributed by atoms with Crippen LogP contribution in [0.4, 0.5) is 0 Å². The molecule has 0 fully saturated rings. The number of rotatable bonds is 2. The number of nitrogens with zero attached hydrogens (tertiary/aromatic N) is 2. The maximum absolute atomic E-state index is 11.3. The molecular weight excluding hydrogens is 228 g/mol. The van der Waals surface area contributed by atoms with E-state index in [4.69, 9.17) is 11.6 Å². The van der Waals surface area contributed by atoms with Gasteiger partial charge in [0, 0.05) is 0 Å². The van der Waals surface area contributed by atoms with Crippen molar-refractivity contribution in [1.82, 2.24) is 9.78 Å². The third kappa shape index (κ3) is 2.07. The van der Waals surface area contributed by atoms with Gasteiger partial charge in [-0.05, 0) is 34.6 Å². The molecule has 1 aromatic heterocycles. The summed E-state index contributed by atoms with van der Waals surface area (Å²) in [6, 6.07) is 0. The number of carboxylic acids is 1. The highest BCUT2D eigenvalue weighted by molar-refractivity contribution is 6.31. The smallest absolute Gasteiger partial charge is 0.315 e. The molecule has 0 saturated carbocycles. The second kappa shape index (κ2) is 3.77. The SMILES string of the molecule is CC(C)(C(=O)O)c1c(Cl)cnn1C(C)(C)C. The van der Waals surface area contributed by atoms with Gasteiger partial charge in [0.1, 0.15) is 5.41 Å². The van der Waals surface area contributed by atoms with Gasteiger partial charge in [-0.3, -0.25) is 9.48 Å². The van der Waals surface area contributed by atoms with E-state index in [0.29, 0.717) is 10.7 Å². The monoisotopic (exact) mass is 244 g/mol. The van der Waals surface area contributed by atoms with Crippen LogP contribution < -0.4 is 0 Å². The van der Waals surface area contributed by atoms with Gasteiger partial charge in [0.2, 0.25) is 0 Å². The first-order valence-corrected chi connectivity index (χ1v) is 5.44. The highest BCUT2D eigenvalue weighted by Gasteiger charge is 2.37. The molecule has 0 radical (unpaired) electrons. The van der Waals surface area contributed by atoms with E-state index in [1.807, 2.05) is 20.8 Å². The summed E-state index contributed by atoms with van der Waals surface area (Å²) in [5.41, 5.74) is -0.815. The lowest BCUT2D eigenvalue weighted by Gasteiger charge is -2.28. The zero-order valence-electron chi connectivity index (χ0n) is 10.2. The van der Waals surface area contributed by atoms with Gasteiger partial charge in [-0.25, -0.2) is 0 Å². The number of hydrogen-bond acceptors (Lipinski definition) is 2. The minimum Gasteiger partial charge on any atom is -0.481 e. The van der Waals surface area contributed by atoms with Gasteiger partial charge in [-0.1, -0.05) is 11.6 Å². The van der Waals surface area contributed by atoms with E-state index in [1.165, 1.54) is 6.20 Å². The second-order valence-corrected chi connectivity index (χ2v) is 5.76. The molecule has 0 aliphatic rings. The van der Waals surface area contributed by atoms with Crippen molar-refractivity contribution in [3.63, 3.8) is 0 Å². The molecule has 1 rings (SSSR count). The van der Waals surface area contributed by atoms with E-state index in [0.717, 1.165) is 0 Å². The molecule has 0 aromatic carbocycles. The van der Waals surface area contributed by atoms with Crippen molar-refractivity contribution in [1.29, 1.82) is 0 Å². The zero-order valence-corrected chi connectivity index (χ0v) is 11.0. The van der Waals surface area contributed by atoms with Gasteiger partial charge in [-0.15, -0.1) is 0 Å². The van der Waals surface area contributed by atoms with Crippen LogP contribution >= 0.6 is 11.6 Å². The molecule has 4 nitrogen and oxygen atoms in total. The first-order chi connectivity index (χ1) is 7.08. The van der Waals surface area contributed by atoms with E-state index >= 15 is 0 Å². The number of hydrogen-bond donors (Lipinski definition) is 1. The lowest BCUT2D eigenvalue weighted by molar-refractivity contribution is -0.142. The lowest BCUT2D eigenvalue weighted by atomic mass is 9.88. The first-order valence-electron chi connectivity index (χ1n) is 5.06. The molecule has 90 valence electrons. The van der Waals surface area contributed by atoms with Crippen LogP contribution in [0.25, 0.3) is 0 Å². The number of aliphatic carboxylic acids is 1. The number of aromatic nitrogens is 2. The fourth-order valence-electron chi connectivity index (χ4n) is 1.50. The quantitative estimate of drug-likeness (QED) is 0.870. The summed E-state index contributed by atoms with van der Waals surface area (Å²) in [5.74, 6) is -0.916. The molecule has 1 N–H and O–H groups in total. The molecule has 0 spiro atoms. The minimum atomic E-state index is -1.05. The van der Waals surface area contributed by atoms with Crippen molar-refractivity contribution in [3.8, 4) is 0 Å². The summed E-state index contributed by atoms with van der Waals surface area (Å²) < 4.78 is 1.67. The maximum Gasteiger partial charge on any atom is 0.315 e. The zero-order chi connectivity index (χ0) is 12.7.